The Hall–Kier alpha value is -2.80. The molecule has 0 bridgehead atoms. The van der Waals surface area contributed by atoms with Crippen LogP contribution in [0, 0.1) is 0 Å². The molecule has 0 atom stereocenters. The molecule has 0 aliphatic heterocycles. The van der Waals surface area contributed by atoms with E-state index in [1.54, 1.807) is 19.2 Å². The van der Waals surface area contributed by atoms with Gasteiger partial charge in [-0.1, -0.05) is 34.1 Å². The van der Waals surface area contributed by atoms with Crippen LogP contribution in [0.5, 0.6) is 0 Å². The summed E-state index contributed by atoms with van der Waals surface area (Å²) in [6.45, 7) is 1.87. The molecule has 0 saturated heterocycles. The number of aromatic nitrogens is 1. The van der Waals surface area contributed by atoms with Crippen LogP contribution in [-0.4, -0.2) is 43.5 Å². The quantitative estimate of drug-likeness (QED) is 0.258. The third kappa shape index (κ3) is 5.36. The third-order valence-corrected chi connectivity index (χ3v) is 4.92. The Bertz CT molecular complexity index is 949. The van der Waals surface area contributed by atoms with Crippen molar-refractivity contribution >= 4 is 38.7 Å². The maximum Gasteiger partial charge on any atom is 0.251 e. The second-order valence-electron chi connectivity index (χ2n) is 6.30. The van der Waals surface area contributed by atoms with E-state index < -0.39 is 0 Å². The van der Waals surface area contributed by atoms with E-state index in [1.807, 2.05) is 18.2 Å². The minimum absolute atomic E-state index is 0.0865. The summed E-state index contributed by atoms with van der Waals surface area (Å²) in [7, 11) is 1.74. The standard InChI is InChI=1S/C21H24BrN5O/c1-23-21(25-11-10-16-14-27-19-5-3-2-4-18(16)19)26-13-12-24-20(28)15-6-8-17(22)9-7-15/h2-9,14,27H,10-13H2,1H3,(H,24,28)(H2,23,25,26). The van der Waals surface area contributed by atoms with Crippen molar-refractivity contribution in [3.63, 3.8) is 0 Å². The van der Waals surface area contributed by atoms with Crippen LogP contribution < -0.4 is 16.0 Å². The predicted octanol–water partition coefficient (Wildman–Crippen LogP) is 3.07. The Morgan fingerprint density at radius 1 is 1.00 bits per heavy atom. The molecule has 1 amide bonds. The van der Waals surface area contributed by atoms with Crippen molar-refractivity contribution in [3.05, 3.63) is 70.3 Å². The van der Waals surface area contributed by atoms with E-state index >= 15 is 0 Å². The van der Waals surface area contributed by atoms with Crippen molar-refractivity contribution in [3.8, 4) is 0 Å². The highest BCUT2D eigenvalue weighted by atomic mass is 79.9. The zero-order valence-corrected chi connectivity index (χ0v) is 17.3. The maximum absolute atomic E-state index is 12.1. The number of hydrogen-bond acceptors (Lipinski definition) is 2. The number of benzene rings is 2. The second-order valence-corrected chi connectivity index (χ2v) is 7.21. The van der Waals surface area contributed by atoms with E-state index in [9.17, 15) is 4.79 Å². The topological polar surface area (TPSA) is 81.3 Å². The summed E-state index contributed by atoms with van der Waals surface area (Å²) in [5, 5.41) is 10.7. The summed E-state index contributed by atoms with van der Waals surface area (Å²) in [6, 6.07) is 15.6. The molecule has 0 saturated carbocycles. The zero-order chi connectivity index (χ0) is 19.8. The van der Waals surface area contributed by atoms with E-state index in [-0.39, 0.29) is 5.91 Å². The molecule has 2 aromatic carbocycles. The van der Waals surface area contributed by atoms with Gasteiger partial charge in [0.15, 0.2) is 5.96 Å². The largest absolute Gasteiger partial charge is 0.361 e. The Morgan fingerprint density at radius 2 is 1.71 bits per heavy atom. The van der Waals surface area contributed by atoms with Gasteiger partial charge in [-0.05, 0) is 42.3 Å². The minimum Gasteiger partial charge on any atom is -0.361 e. The number of para-hydroxylation sites is 1. The molecule has 1 aromatic heterocycles. The van der Waals surface area contributed by atoms with Crippen LogP contribution in [0.4, 0.5) is 0 Å². The molecule has 4 N–H and O–H groups in total. The average molecular weight is 442 g/mol. The molecule has 7 heteroatoms. The number of nitrogens with zero attached hydrogens (tertiary/aromatic N) is 1. The normalized spacial score (nSPS) is 11.4. The van der Waals surface area contributed by atoms with Crippen LogP contribution in [0.1, 0.15) is 15.9 Å². The third-order valence-electron chi connectivity index (χ3n) is 4.39. The van der Waals surface area contributed by atoms with Gasteiger partial charge in [-0.2, -0.15) is 0 Å². The van der Waals surface area contributed by atoms with Crippen LogP contribution in [0.3, 0.4) is 0 Å². The number of halogens is 1. The number of fused-ring (bicyclic) bond motifs is 1. The molecule has 28 heavy (non-hydrogen) atoms. The Labute approximate surface area is 173 Å². The van der Waals surface area contributed by atoms with Gasteiger partial charge in [0.2, 0.25) is 0 Å². The van der Waals surface area contributed by atoms with Crippen molar-refractivity contribution in [2.45, 2.75) is 6.42 Å². The Balaban J connectivity index is 1.37. The number of aromatic amines is 1. The molecule has 0 fully saturated rings. The lowest BCUT2D eigenvalue weighted by molar-refractivity contribution is 0.0954. The fourth-order valence-corrected chi connectivity index (χ4v) is 3.20. The van der Waals surface area contributed by atoms with E-state index in [0.29, 0.717) is 18.7 Å². The lowest BCUT2D eigenvalue weighted by Crippen LogP contribution is -2.42. The molecule has 1 heterocycles. The molecular weight excluding hydrogens is 418 g/mol. The number of nitrogens with one attached hydrogen (secondary N) is 4. The lowest BCUT2D eigenvalue weighted by atomic mass is 10.1. The van der Waals surface area contributed by atoms with Crippen molar-refractivity contribution in [2.24, 2.45) is 4.99 Å². The summed E-state index contributed by atoms with van der Waals surface area (Å²) < 4.78 is 0.952. The molecule has 146 valence electrons. The van der Waals surface area contributed by atoms with Gasteiger partial charge in [-0.25, -0.2) is 0 Å². The Kier molecular flexibility index (Phi) is 7.08. The van der Waals surface area contributed by atoms with Gasteiger partial charge in [0.1, 0.15) is 0 Å². The fraction of sp³-hybridized carbons (Fsp3) is 0.238. The van der Waals surface area contributed by atoms with Gasteiger partial charge >= 0.3 is 0 Å². The summed E-state index contributed by atoms with van der Waals surface area (Å²) in [5.74, 6) is 0.634. The molecule has 0 aliphatic rings. The first-order chi connectivity index (χ1) is 13.7. The Morgan fingerprint density at radius 3 is 2.50 bits per heavy atom. The van der Waals surface area contributed by atoms with Gasteiger partial charge < -0.3 is 20.9 Å². The van der Waals surface area contributed by atoms with Crippen molar-refractivity contribution < 1.29 is 4.79 Å². The summed E-state index contributed by atoms with van der Waals surface area (Å²) in [5.41, 5.74) is 3.08. The molecule has 0 radical (unpaired) electrons. The molecule has 6 nitrogen and oxygen atoms in total. The van der Waals surface area contributed by atoms with E-state index in [1.165, 1.54) is 10.9 Å². The van der Waals surface area contributed by atoms with E-state index in [0.717, 1.165) is 28.9 Å². The van der Waals surface area contributed by atoms with E-state index in [4.69, 9.17) is 0 Å². The predicted molar refractivity (Wildman–Crippen MR) is 118 cm³/mol. The fourth-order valence-electron chi connectivity index (χ4n) is 2.93. The number of hydrogen-bond donors (Lipinski definition) is 4. The summed E-state index contributed by atoms with van der Waals surface area (Å²) in [4.78, 5) is 19.6. The number of carbonyl (C=O) groups is 1. The average Bonchev–Trinajstić information content (AvgIpc) is 3.13. The van der Waals surface area contributed by atoms with Gasteiger partial charge in [0.25, 0.3) is 5.91 Å². The summed E-state index contributed by atoms with van der Waals surface area (Å²) in [6.07, 6.45) is 2.95. The highest BCUT2D eigenvalue weighted by Gasteiger charge is 2.05. The molecule has 0 unspecified atom stereocenters. The molecular formula is C21H24BrN5O. The number of H-pyrrole nitrogens is 1. The van der Waals surface area contributed by atoms with Gasteiger partial charge in [0.05, 0.1) is 0 Å². The molecule has 0 spiro atoms. The molecule has 0 aliphatic carbocycles. The SMILES string of the molecule is CN=C(NCCNC(=O)c1ccc(Br)cc1)NCCc1c[nH]c2ccccc12. The van der Waals surface area contributed by atoms with Gasteiger partial charge in [-0.3, -0.25) is 9.79 Å². The number of guanidine groups is 1. The highest BCUT2D eigenvalue weighted by molar-refractivity contribution is 9.10. The molecule has 3 rings (SSSR count). The maximum atomic E-state index is 12.1. The minimum atomic E-state index is -0.0865. The van der Waals surface area contributed by atoms with Crippen LogP contribution in [-0.2, 0) is 6.42 Å². The van der Waals surface area contributed by atoms with Crippen molar-refractivity contribution in [1.82, 2.24) is 20.9 Å². The molecule has 3 aromatic rings. The van der Waals surface area contributed by atoms with E-state index in [2.05, 4.69) is 66.3 Å². The first-order valence-corrected chi connectivity index (χ1v) is 10.00. The summed E-state index contributed by atoms with van der Waals surface area (Å²) >= 11 is 3.36. The van der Waals surface area contributed by atoms with Crippen LogP contribution in [0.25, 0.3) is 10.9 Å². The number of amides is 1. The number of carbonyl (C=O) groups excluding carboxylic acids is 1. The smallest absolute Gasteiger partial charge is 0.251 e. The van der Waals surface area contributed by atoms with Crippen molar-refractivity contribution in [1.29, 1.82) is 0 Å². The number of rotatable bonds is 7. The second kappa shape index (κ2) is 9.94. The number of aliphatic imine (C=N–C) groups is 1. The van der Waals surface area contributed by atoms with Crippen LogP contribution in [0.2, 0.25) is 0 Å². The highest BCUT2D eigenvalue weighted by Crippen LogP contribution is 2.17. The van der Waals surface area contributed by atoms with Crippen LogP contribution in [0.15, 0.2) is 64.2 Å². The van der Waals surface area contributed by atoms with Gasteiger partial charge in [-0.15, -0.1) is 0 Å². The van der Waals surface area contributed by atoms with Crippen molar-refractivity contribution in [2.75, 3.05) is 26.7 Å². The monoisotopic (exact) mass is 441 g/mol. The zero-order valence-electron chi connectivity index (χ0n) is 15.8. The van der Waals surface area contributed by atoms with Gasteiger partial charge in [0, 0.05) is 53.8 Å². The lowest BCUT2D eigenvalue weighted by Gasteiger charge is -2.12. The van der Waals surface area contributed by atoms with Crippen LogP contribution >= 0.6 is 15.9 Å². The first-order valence-electron chi connectivity index (χ1n) is 9.20. The first kappa shape index (κ1) is 19.9.